The number of rotatable bonds is 5. The maximum atomic E-state index is 13.0. The van der Waals surface area contributed by atoms with Crippen molar-refractivity contribution in [1.29, 1.82) is 0 Å². The minimum atomic E-state index is -1.11. The third-order valence-corrected chi connectivity index (χ3v) is 5.76. The highest BCUT2D eigenvalue weighted by Gasteiger charge is 2.48. The van der Waals surface area contributed by atoms with Gasteiger partial charge in [0.1, 0.15) is 5.76 Å². The van der Waals surface area contributed by atoms with E-state index >= 15 is 0 Å². The predicted octanol–water partition coefficient (Wildman–Crippen LogP) is 3.85. The van der Waals surface area contributed by atoms with Gasteiger partial charge in [0.15, 0.2) is 0 Å². The number of nitro benzene ring substituents is 1. The van der Waals surface area contributed by atoms with Gasteiger partial charge in [0, 0.05) is 29.8 Å². The van der Waals surface area contributed by atoms with Gasteiger partial charge in [-0.2, -0.15) is 0 Å². The molecule has 9 heteroatoms. The molecule has 0 radical (unpaired) electrons. The van der Waals surface area contributed by atoms with Crippen LogP contribution in [0.5, 0.6) is 0 Å². The second-order valence-electron chi connectivity index (χ2n) is 7.41. The summed E-state index contributed by atoms with van der Waals surface area (Å²) in [5.41, 5.74) is -0.00308. The number of Topliss-reactive ketones (excluding diaryl/α,β-unsaturated/α-hetero) is 1. The standard InChI is InChI=1S/C22H19ClN2O6/c23-14-9-7-13(8-10-14)20(26)18-19(16-5-1-2-6-17(16)25(29)30)24(22(28)21(18)27)12-15-4-3-11-31-15/h1-2,5-10,15,19,26H,3-4,11-12H2/t15-,19-/m0/s1. The van der Waals surface area contributed by atoms with E-state index < -0.39 is 28.4 Å². The van der Waals surface area contributed by atoms with E-state index in [1.54, 1.807) is 18.2 Å². The van der Waals surface area contributed by atoms with Crippen molar-refractivity contribution in [3.05, 3.63) is 80.4 Å². The molecule has 160 valence electrons. The Morgan fingerprint density at radius 3 is 2.55 bits per heavy atom. The zero-order chi connectivity index (χ0) is 22.1. The normalized spacial score (nSPS) is 22.8. The summed E-state index contributed by atoms with van der Waals surface area (Å²) in [7, 11) is 0. The van der Waals surface area contributed by atoms with E-state index in [4.69, 9.17) is 16.3 Å². The van der Waals surface area contributed by atoms with Crippen molar-refractivity contribution in [1.82, 2.24) is 4.90 Å². The summed E-state index contributed by atoms with van der Waals surface area (Å²) in [4.78, 5) is 38.3. The molecule has 0 bridgehead atoms. The lowest BCUT2D eigenvalue weighted by atomic mass is 9.94. The molecule has 31 heavy (non-hydrogen) atoms. The fourth-order valence-electron chi connectivity index (χ4n) is 4.05. The highest BCUT2D eigenvalue weighted by Crippen LogP contribution is 2.43. The lowest BCUT2D eigenvalue weighted by Gasteiger charge is -2.27. The van der Waals surface area contributed by atoms with Crippen LogP contribution in [0.2, 0.25) is 5.02 Å². The first kappa shape index (κ1) is 21.0. The molecular formula is C22H19ClN2O6. The molecule has 0 aliphatic carbocycles. The number of para-hydroxylation sites is 1. The smallest absolute Gasteiger partial charge is 0.295 e. The molecule has 2 saturated heterocycles. The SMILES string of the molecule is O=C1C(=O)N(C[C@@H]2CCCO2)[C@@H](c2ccccc2[N+](=O)[O-])C1=C(O)c1ccc(Cl)cc1. The number of aliphatic hydroxyl groups is 1. The molecule has 4 rings (SSSR count). The number of halogens is 1. The van der Waals surface area contributed by atoms with Gasteiger partial charge < -0.3 is 14.7 Å². The van der Waals surface area contributed by atoms with E-state index in [9.17, 15) is 24.8 Å². The Bertz CT molecular complexity index is 1080. The Morgan fingerprint density at radius 2 is 1.90 bits per heavy atom. The summed E-state index contributed by atoms with van der Waals surface area (Å²) < 4.78 is 5.62. The lowest BCUT2D eigenvalue weighted by molar-refractivity contribution is -0.385. The number of benzene rings is 2. The number of carbonyl (C=O) groups excluding carboxylic acids is 2. The van der Waals surface area contributed by atoms with Crippen molar-refractivity contribution in [2.24, 2.45) is 0 Å². The van der Waals surface area contributed by atoms with Gasteiger partial charge in [-0.05, 0) is 43.2 Å². The van der Waals surface area contributed by atoms with Crippen molar-refractivity contribution in [3.63, 3.8) is 0 Å². The molecule has 2 aromatic carbocycles. The number of aliphatic hydroxyl groups excluding tert-OH is 1. The molecule has 2 aliphatic rings. The third kappa shape index (κ3) is 3.92. The van der Waals surface area contributed by atoms with E-state index in [0.29, 0.717) is 18.1 Å². The lowest BCUT2D eigenvalue weighted by Crippen LogP contribution is -2.36. The molecule has 0 saturated carbocycles. The van der Waals surface area contributed by atoms with Gasteiger partial charge in [0.2, 0.25) is 0 Å². The van der Waals surface area contributed by atoms with Crippen LogP contribution in [0.3, 0.4) is 0 Å². The fourth-order valence-corrected chi connectivity index (χ4v) is 4.17. The Hall–Kier alpha value is -3.23. The second-order valence-corrected chi connectivity index (χ2v) is 7.85. The highest BCUT2D eigenvalue weighted by atomic mass is 35.5. The summed E-state index contributed by atoms with van der Waals surface area (Å²) >= 11 is 5.91. The van der Waals surface area contributed by atoms with Crippen molar-refractivity contribution < 1.29 is 24.4 Å². The molecule has 0 unspecified atom stereocenters. The second kappa shape index (κ2) is 8.49. The maximum absolute atomic E-state index is 13.0. The van der Waals surface area contributed by atoms with Crippen LogP contribution in [0, 0.1) is 10.1 Å². The van der Waals surface area contributed by atoms with Crippen LogP contribution < -0.4 is 0 Å². The molecule has 2 aliphatic heterocycles. The van der Waals surface area contributed by atoms with Crippen molar-refractivity contribution in [2.75, 3.05) is 13.2 Å². The van der Waals surface area contributed by atoms with Gasteiger partial charge in [-0.1, -0.05) is 23.7 Å². The minimum Gasteiger partial charge on any atom is -0.507 e. The number of ketones is 1. The van der Waals surface area contributed by atoms with Crippen LogP contribution >= 0.6 is 11.6 Å². The quantitative estimate of drug-likeness (QED) is 0.247. The molecule has 0 aromatic heterocycles. The molecule has 1 amide bonds. The van der Waals surface area contributed by atoms with E-state index in [1.807, 2.05) is 0 Å². The Kier molecular flexibility index (Phi) is 5.75. The molecule has 2 atom stereocenters. The van der Waals surface area contributed by atoms with Crippen molar-refractivity contribution in [3.8, 4) is 0 Å². The van der Waals surface area contributed by atoms with Gasteiger partial charge in [-0.25, -0.2) is 0 Å². The molecule has 1 N–H and O–H groups in total. The van der Waals surface area contributed by atoms with E-state index in [2.05, 4.69) is 0 Å². The van der Waals surface area contributed by atoms with Gasteiger partial charge in [-0.15, -0.1) is 0 Å². The number of ether oxygens (including phenoxy) is 1. The summed E-state index contributed by atoms with van der Waals surface area (Å²) in [5.74, 6) is -2.13. The third-order valence-electron chi connectivity index (χ3n) is 5.51. The molecule has 2 fully saturated rings. The Labute approximate surface area is 182 Å². The summed E-state index contributed by atoms with van der Waals surface area (Å²) in [6, 6.07) is 10.9. The largest absolute Gasteiger partial charge is 0.507 e. The predicted molar refractivity (Wildman–Crippen MR) is 113 cm³/mol. The summed E-state index contributed by atoms with van der Waals surface area (Å²) in [6.45, 7) is 0.647. The van der Waals surface area contributed by atoms with Crippen LogP contribution in [0.4, 0.5) is 5.69 Å². The summed E-state index contributed by atoms with van der Waals surface area (Å²) in [6.07, 6.45) is 1.26. The van der Waals surface area contributed by atoms with E-state index in [-0.39, 0.29) is 35.0 Å². The number of nitro groups is 1. The Morgan fingerprint density at radius 1 is 1.19 bits per heavy atom. The van der Waals surface area contributed by atoms with Gasteiger partial charge in [-0.3, -0.25) is 19.7 Å². The number of likely N-dealkylation sites (tertiary alicyclic amines) is 1. The van der Waals surface area contributed by atoms with Gasteiger partial charge in [0.05, 0.1) is 28.2 Å². The summed E-state index contributed by atoms with van der Waals surface area (Å²) in [5, 5.41) is 23.1. The van der Waals surface area contributed by atoms with E-state index in [0.717, 1.165) is 6.42 Å². The zero-order valence-electron chi connectivity index (χ0n) is 16.4. The number of hydrogen-bond acceptors (Lipinski definition) is 6. The first-order valence-electron chi connectivity index (χ1n) is 9.77. The number of carbonyl (C=O) groups is 2. The minimum absolute atomic E-state index is 0.0959. The number of amides is 1. The van der Waals surface area contributed by atoms with Crippen LogP contribution in [-0.2, 0) is 14.3 Å². The molecule has 2 aromatic rings. The maximum Gasteiger partial charge on any atom is 0.295 e. The highest BCUT2D eigenvalue weighted by molar-refractivity contribution is 6.46. The molecule has 0 spiro atoms. The van der Waals surface area contributed by atoms with Crippen LogP contribution in [0.15, 0.2) is 54.1 Å². The molecule has 2 heterocycles. The average molecular weight is 443 g/mol. The number of nitrogens with zero attached hydrogens (tertiary/aromatic N) is 2. The van der Waals surface area contributed by atoms with Gasteiger partial charge >= 0.3 is 0 Å². The first-order chi connectivity index (χ1) is 14.9. The van der Waals surface area contributed by atoms with Crippen LogP contribution in [0.25, 0.3) is 5.76 Å². The fraction of sp³-hybridized carbons (Fsp3) is 0.273. The number of hydrogen-bond donors (Lipinski definition) is 1. The zero-order valence-corrected chi connectivity index (χ0v) is 17.1. The van der Waals surface area contributed by atoms with Crippen molar-refractivity contribution >= 4 is 34.7 Å². The average Bonchev–Trinajstić information content (AvgIpc) is 3.36. The molecular weight excluding hydrogens is 424 g/mol. The topological polar surface area (TPSA) is 110 Å². The Balaban J connectivity index is 1.89. The van der Waals surface area contributed by atoms with Gasteiger partial charge in [0.25, 0.3) is 17.4 Å². The van der Waals surface area contributed by atoms with Crippen molar-refractivity contribution in [2.45, 2.75) is 25.0 Å². The van der Waals surface area contributed by atoms with Crippen LogP contribution in [0.1, 0.15) is 30.0 Å². The first-order valence-corrected chi connectivity index (χ1v) is 10.2. The monoisotopic (exact) mass is 442 g/mol. The van der Waals surface area contributed by atoms with Crippen LogP contribution in [-0.4, -0.2) is 45.9 Å². The molecule has 8 nitrogen and oxygen atoms in total. The van der Waals surface area contributed by atoms with E-state index in [1.165, 1.54) is 35.2 Å².